The van der Waals surface area contributed by atoms with Gasteiger partial charge in [0.1, 0.15) is 0 Å². The van der Waals surface area contributed by atoms with E-state index in [1.54, 1.807) is 12.4 Å². The summed E-state index contributed by atoms with van der Waals surface area (Å²) in [6.45, 7) is 4.38. The predicted octanol–water partition coefficient (Wildman–Crippen LogP) is 2.73. The summed E-state index contributed by atoms with van der Waals surface area (Å²) < 4.78 is 11.8. The molecule has 6 nitrogen and oxygen atoms in total. The lowest BCUT2D eigenvalue weighted by molar-refractivity contribution is -0.295. The fourth-order valence-corrected chi connectivity index (χ4v) is 2.43. The molecule has 1 fully saturated rings. The van der Waals surface area contributed by atoms with Crippen molar-refractivity contribution in [2.45, 2.75) is 45.0 Å². The Balaban J connectivity index is 2.00. The largest absolute Gasteiger partial charge is 0.481 e. The molecule has 0 unspecified atom stereocenters. The zero-order valence-electron chi connectivity index (χ0n) is 12.9. The Morgan fingerprint density at radius 3 is 2.95 bits per heavy atom. The van der Waals surface area contributed by atoms with Crippen LogP contribution in [0.2, 0.25) is 0 Å². The molecule has 1 aliphatic heterocycles. The third-order valence-corrected chi connectivity index (χ3v) is 3.55. The second-order valence-corrected chi connectivity index (χ2v) is 5.82. The van der Waals surface area contributed by atoms with Crippen LogP contribution in [0.4, 0.5) is 0 Å². The van der Waals surface area contributed by atoms with Crippen LogP contribution >= 0.6 is 0 Å². The number of aliphatic carboxylic acids is 1. The zero-order chi connectivity index (χ0) is 16.0. The van der Waals surface area contributed by atoms with Gasteiger partial charge in [0.05, 0.1) is 18.9 Å². The quantitative estimate of drug-likeness (QED) is 0.814. The van der Waals surface area contributed by atoms with E-state index in [-0.39, 0.29) is 18.4 Å². The summed E-state index contributed by atoms with van der Waals surface area (Å²) in [5.74, 6) is -1.24. The van der Waals surface area contributed by atoms with Crippen molar-refractivity contribution in [3.8, 4) is 0 Å². The van der Waals surface area contributed by atoms with Crippen LogP contribution in [0.25, 0.3) is 0 Å². The molecule has 1 aliphatic rings. The van der Waals surface area contributed by atoms with Crippen molar-refractivity contribution in [3.05, 3.63) is 36.2 Å². The number of aromatic nitrogens is 2. The Kier molecular flexibility index (Phi) is 5.63. The number of ether oxygens (including phenoxy) is 2. The van der Waals surface area contributed by atoms with Gasteiger partial charge in [-0.05, 0) is 32.8 Å². The third kappa shape index (κ3) is 4.89. The van der Waals surface area contributed by atoms with Gasteiger partial charge < -0.3 is 14.6 Å². The van der Waals surface area contributed by atoms with Crippen molar-refractivity contribution in [2.75, 3.05) is 6.61 Å². The maximum absolute atomic E-state index is 10.5. The summed E-state index contributed by atoms with van der Waals surface area (Å²) in [5, 5.41) is 16.3. The van der Waals surface area contributed by atoms with Crippen molar-refractivity contribution < 1.29 is 19.4 Å². The number of hydrogen-bond acceptors (Lipinski definition) is 5. The van der Waals surface area contributed by atoms with Gasteiger partial charge in [-0.3, -0.25) is 4.79 Å². The van der Waals surface area contributed by atoms with Crippen LogP contribution in [0.15, 0.2) is 30.6 Å². The molecule has 2 heterocycles. The summed E-state index contributed by atoms with van der Waals surface area (Å²) in [5.41, 5.74) is 0.982. The fraction of sp³-hybridized carbons (Fsp3) is 0.562. The third-order valence-electron chi connectivity index (χ3n) is 3.55. The molecule has 1 aromatic heterocycles. The number of nitrogens with zero attached hydrogens (tertiary/aromatic N) is 2. The average molecular weight is 306 g/mol. The van der Waals surface area contributed by atoms with Crippen molar-refractivity contribution in [1.82, 2.24) is 10.2 Å². The van der Waals surface area contributed by atoms with Crippen LogP contribution in [0, 0.1) is 5.92 Å². The maximum Gasteiger partial charge on any atom is 0.303 e. The van der Waals surface area contributed by atoms with Crippen LogP contribution in [0.1, 0.15) is 44.8 Å². The SMILES string of the molecule is CC1(C)OC[C@@H](C/C=C\CCC(=O)O)[C@@H](c2ccnnc2)O1. The maximum atomic E-state index is 10.5. The molecule has 1 aromatic rings. The first-order valence-corrected chi connectivity index (χ1v) is 7.43. The minimum atomic E-state index is -0.781. The summed E-state index contributed by atoms with van der Waals surface area (Å²) in [7, 11) is 0. The van der Waals surface area contributed by atoms with Crippen molar-refractivity contribution in [2.24, 2.45) is 5.92 Å². The molecule has 22 heavy (non-hydrogen) atoms. The standard InChI is InChI=1S/C16H22N2O4/c1-16(2)21-11-13(6-4-3-5-7-14(19)20)15(22-16)12-8-9-17-18-10-12/h3-4,8-10,13,15H,5-7,11H2,1-2H3,(H,19,20)/b4-3-/t13-,15-/m1/s1. The van der Waals surface area contributed by atoms with Gasteiger partial charge in [-0.15, -0.1) is 0 Å². The van der Waals surface area contributed by atoms with Crippen LogP contribution in [-0.4, -0.2) is 33.7 Å². The highest BCUT2D eigenvalue weighted by Crippen LogP contribution is 2.38. The van der Waals surface area contributed by atoms with Gasteiger partial charge in [0.15, 0.2) is 5.79 Å². The number of rotatable bonds is 6. The van der Waals surface area contributed by atoms with E-state index in [0.717, 1.165) is 12.0 Å². The van der Waals surface area contributed by atoms with E-state index in [1.807, 2.05) is 32.1 Å². The molecule has 0 bridgehead atoms. The second-order valence-electron chi connectivity index (χ2n) is 5.82. The van der Waals surface area contributed by atoms with Crippen LogP contribution in [-0.2, 0) is 14.3 Å². The Hall–Kier alpha value is -1.79. The minimum absolute atomic E-state index is 0.108. The van der Waals surface area contributed by atoms with Gasteiger partial charge in [-0.25, -0.2) is 0 Å². The molecule has 0 spiro atoms. The van der Waals surface area contributed by atoms with Crippen LogP contribution in [0.3, 0.4) is 0 Å². The van der Waals surface area contributed by atoms with E-state index < -0.39 is 11.8 Å². The first-order chi connectivity index (χ1) is 10.5. The monoisotopic (exact) mass is 306 g/mol. The van der Waals surface area contributed by atoms with E-state index in [2.05, 4.69) is 10.2 Å². The molecule has 6 heteroatoms. The molecule has 2 atom stereocenters. The average Bonchev–Trinajstić information content (AvgIpc) is 2.48. The predicted molar refractivity (Wildman–Crippen MR) is 80.0 cm³/mol. The molecule has 1 saturated heterocycles. The lowest BCUT2D eigenvalue weighted by Gasteiger charge is -2.41. The summed E-state index contributed by atoms with van der Waals surface area (Å²) in [6.07, 6.45) is 8.62. The molecule has 0 saturated carbocycles. The highest BCUT2D eigenvalue weighted by Gasteiger charge is 2.36. The Bertz CT molecular complexity index is 516. The highest BCUT2D eigenvalue weighted by atomic mass is 16.7. The van der Waals surface area contributed by atoms with Gasteiger partial charge in [-0.2, -0.15) is 10.2 Å². The fourth-order valence-electron chi connectivity index (χ4n) is 2.43. The van der Waals surface area contributed by atoms with Gasteiger partial charge in [0, 0.05) is 24.1 Å². The van der Waals surface area contributed by atoms with Crippen LogP contribution < -0.4 is 0 Å². The highest BCUT2D eigenvalue weighted by molar-refractivity contribution is 5.66. The van der Waals surface area contributed by atoms with Gasteiger partial charge in [0.2, 0.25) is 0 Å². The molecule has 0 amide bonds. The Morgan fingerprint density at radius 1 is 1.45 bits per heavy atom. The molecule has 120 valence electrons. The Labute approximate surface area is 130 Å². The van der Waals surface area contributed by atoms with Crippen molar-refractivity contribution in [1.29, 1.82) is 0 Å². The molecular formula is C16H22N2O4. The van der Waals surface area contributed by atoms with Crippen molar-refractivity contribution in [3.63, 3.8) is 0 Å². The van der Waals surface area contributed by atoms with Gasteiger partial charge in [-0.1, -0.05) is 12.2 Å². The smallest absolute Gasteiger partial charge is 0.303 e. The summed E-state index contributed by atoms with van der Waals surface area (Å²) >= 11 is 0. The molecule has 1 N–H and O–H groups in total. The van der Waals surface area contributed by atoms with E-state index in [0.29, 0.717) is 13.0 Å². The molecule has 0 radical (unpaired) electrons. The van der Waals surface area contributed by atoms with E-state index in [1.165, 1.54) is 0 Å². The second kappa shape index (κ2) is 7.47. The minimum Gasteiger partial charge on any atom is -0.481 e. The van der Waals surface area contributed by atoms with Gasteiger partial charge >= 0.3 is 5.97 Å². The first-order valence-electron chi connectivity index (χ1n) is 7.43. The van der Waals surface area contributed by atoms with Crippen LogP contribution in [0.5, 0.6) is 0 Å². The summed E-state index contributed by atoms with van der Waals surface area (Å²) in [6, 6.07) is 1.90. The van der Waals surface area contributed by atoms with E-state index >= 15 is 0 Å². The molecule has 0 aromatic carbocycles. The molecular weight excluding hydrogens is 284 g/mol. The zero-order valence-corrected chi connectivity index (χ0v) is 12.9. The lowest BCUT2D eigenvalue weighted by Crippen LogP contribution is -2.41. The number of carboxylic acids is 1. The normalized spacial score (nSPS) is 24.5. The van der Waals surface area contributed by atoms with Gasteiger partial charge in [0.25, 0.3) is 0 Å². The number of carboxylic acid groups (broad SMARTS) is 1. The van der Waals surface area contributed by atoms with E-state index in [9.17, 15) is 4.79 Å². The number of allylic oxidation sites excluding steroid dienone is 2. The van der Waals surface area contributed by atoms with Crippen molar-refractivity contribution >= 4 is 5.97 Å². The lowest BCUT2D eigenvalue weighted by atomic mass is 9.92. The molecule has 2 rings (SSSR count). The Morgan fingerprint density at radius 2 is 2.27 bits per heavy atom. The topological polar surface area (TPSA) is 81.5 Å². The summed E-state index contributed by atoms with van der Waals surface area (Å²) in [4.78, 5) is 10.5. The number of hydrogen-bond donors (Lipinski definition) is 1. The molecule has 0 aliphatic carbocycles. The first kappa shape index (κ1) is 16.6. The number of carbonyl (C=O) groups is 1. The van der Waals surface area contributed by atoms with E-state index in [4.69, 9.17) is 14.6 Å².